The first-order valence-electron chi connectivity index (χ1n) is 12.0. The average Bonchev–Trinajstić information content (AvgIpc) is 2.59. The number of benzene rings is 1. The van der Waals surface area contributed by atoms with E-state index in [-0.39, 0.29) is 0 Å². The Balaban J connectivity index is 1.25. The lowest BCUT2D eigenvalue weighted by Crippen LogP contribution is -2.44. The molecule has 1 aromatic rings. The summed E-state index contributed by atoms with van der Waals surface area (Å²) in [6.45, 7) is 0. The van der Waals surface area contributed by atoms with Crippen LogP contribution in [0, 0.1) is 47.3 Å². The van der Waals surface area contributed by atoms with Crippen LogP contribution in [0.25, 0.3) is 0 Å². The Bertz CT molecular complexity index is 647. The van der Waals surface area contributed by atoms with Crippen molar-refractivity contribution < 1.29 is 5.11 Å². The SMILES string of the molecule is Oc1cc(C2C3CC4CC(C3)CC2C4)cc(C2C3CC4CC(C3)CC2C4)c1. The van der Waals surface area contributed by atoms with Crippen molar-refractivity contribution in [2.75, 3.05) is 0 Å². The first-order valence-corrected chi connectivity index (χ1v) is 12.0. The summed E-state index contributed by atoms with van der Waals surface area (Å²) in [7, 11) is 0. The lowest BCUT2D eigenvalue weighted by Gasteiger charge is -2.55. The van der Waals surface area contributed by atoms with Gasteiger partial charge >= 0.3 is 0 Å². The molecule has 0 heterocycles. The van der Waals surface area contributed by atoms with Crippen LogP contribution in [0.1, 0.15) is 87.2 Å². The molecule has 0 aromatic heterocycles. The highest BCUT2D eigenvalue weighted by atomic mass is 16.3. The number of hydrogen-bond acceptors (Lipinski definition) is 1. The van der Waals surface area contributed by atoms with Crippen LogP contribution in [-0.4, -0.2) is 5.11 Å². The molecule has 1 aromatic carbocycles. The molecule has 8 aliphatic carbocycles. The quantitative estimate of drug-likeness (QED) is 0.639. The number of aromatic hydroxyl groups is 1. The molecule has 0 spiro atoms. The lowest BCUT2D eigenvalue weighted by atomic mass is 9.49. The van der Waals surface area contributed by atoms with Crippen molar-refractivity contribution in [3.8, 4) is 5.75 Å². The fourth-order valence-corrected chi connectivity index (χ4v) is 9.98. The largest absolute Gasteiger partial charge is 0.508 e. The lowest BCUT2D eigenvalue weighted by molar-refractivity contribution is -0.00507. The predicted octanol–water partition coefficient (Wildman–Crippen LogP) is 6.47. The van der Waals surface area contributed by atoms with Crippen molar-refractivity contribution >= 4 is 0 Å². The molecular weight excluding hydrogens is 328 g/mol. The van der Waals surface area contributed by atoms with Crippen molar-refractivity contribution in [1.82, 2.24) is 0 Å². The zero-order valence-electron chi connectivity index (χ0n) is 16.5. The van der Waals surface area contributed by atoms with Gasteiger partial charge in [0.1, 0.15) is 5.75 Å². The molecule has 0 amide bonds. The molecule has 0 saturated heterocycles. The summed E-state index contributed by atoms with van der Waals surface area (Å²) in [5.74, 6) is 9.84. The Morgan fingerprint density at radius 3 is 1.15 bits per heavy atom. The smallest absolute Gasteiger partial charge is 0.116 e. The number of phenols is 1. The van der Waals surface area contributed by atoms with Gasteiger partial charge in [-0.3, -0.25) is 0 Å². The van der Waals surface area contributed by atoms with Crippen molar-refractivity contribution in [3.05, 3.63) is 29.3 Å². The molecule has 8 fully saturated rings. The van der Waals surface area contributed by atoms with E-state index in [0.717, 1.165) is 59.2 Å². The van der Waals surface area contributed by atoms with Gasteiger partial charge in [0.15, 0.2) is 0 Å². The van der Waals surface area contributed by atoms with Crippen molar-refractivity contribution in [2.45, 2.75) is 76.0 Å². The van der Waals surface area contributed by atoms with Gasteiger partial charge in [-0.15, -0.1) is 0 Å². The van der Waals surface area contributed by atoms with E-state index in [4.69, 9.17) is 0 Å². The summed E-state index contributed by atoms with van der Waals surface area (Å²) < 4.78 is 0. The highest BCUT2D eigenvalue weighted by Crippen LogP contribution is 2.62. The fourth-order valence-electron chi connectivity index (χ4n) is 9.98. The Morgan fingerprint density at radius 1 is 0.481 bits per heavy atom. The summed E-state index contributed by atoms with van der Waals surface area (Å²) >= 11 is 0. The van der Waals surface area contributed by atoms with Crippen molar-refractivity contribution in [1.29, 1.82) is 0 Å². The zero-order valence-corrected chi connectivity index (χ0v) is 16.5. The topological polar surface area (TPSA) is 20.2 Å². The molecule has 9 rings (SSSR count). The van der Waals surface area contributed by atoms with Gasteiger partial charge in [-0.05, 0) is 147 Å². The molecular formula is C26H34O. The average molecular weight is 363 g/mol. The Kier molecular flexibility index (Phi) is 3.26. The van der Waals surface area contributed by atoms with Crippen molar-refractivity contribution in [3.63, 3.8) is 0 Å². The highest BCUT2D eigenvalue weighted by molar-refractivity contribution is 5.40. The van der Waals surface area contributed by atoms with Gasteiger partial charge in [0.2, 0.25) is 0 Å². The van der Waals surface area contributed by atoms with E-state index < -0.39 is 0 Å². The molecule has 144 valence electrons. The molecule has 1 heteroatoms. The standard InChI is InChI=1S/C26H34O/c27-24-12-22(25-18-3-14-1-15(5-18)6-19(25)4-14)11-23(13-24)26-20-7-16-2-17(9-20)10-21(26)8-16/h11-21,25-27H,1-10H2. The number of rotatable bonds is 2. The van der Waals surface area contributed by atoms with E-state index in [1.807, 2.05) is 0 Å². The first-order chi connectivity index (χ1) is 13.2. The summed E-state index contributed by atoms with van der Waals surface area (Å²) in [5, 5.41) is 10.7. The van der Waals surface area contributed by atoms with Gasteiger partial charge in [0, 0.05) is 0 Å². The van der Waals surface area contributed by atoms with Crippen LogP contribution in [0.4, 0.5) is 0 Å². The second kappa shape index (κ2) is 5.55. The van der Waals surface area contributed by atoms with Crippen molar-refractivity contribution in [2.24, 2.45) is 47.3 Å². The highest BCUT2D eigenvalue weighted by Gasteiger charge is 2.50. The summed E-state index contributed by atoms with van der Waals surface area (Å²) in [6.07, 6.45) is 14.8. The minimum atomic E-state index is 0.560. The summed E-state index contributed by atoms with van der Waals surface area (Å²) in [4.78, 5) is 0. The van der Waals surface area contributed by atoms with Gasteiger partial charge in [-0.2, -0.15) is 0 Å². The number of phenolic OH excluding ortho intramolecular Hbond substituents is 1. The third-order valence-corrected chi connectivity index (χ3v) is 10.2. The minimum absolute atomic E-state index is 0.560. The third kappa shape index (κ3) is 2.36. The summed E-state index contributed by atoms with van der Waals surface area (Å²) in [5.41, 5.74) is 3.04. The zero-order chi connectivity index (χ0) is 17.7. The molecule has 0 radical (unpaired) electrons. The molecule has 0 aliphatic heterocycles. The monoisotopic (exact) mass is 362 g/mol. The maximum absolute atomic E-state index is 10.7. The van der Waals surface area contributed by atoms with E-state index in [1.54, 1.807) is 0 Å². The molecule has 0 atom stereocenters. The van der Waals surface area contributed by atoms with E-state index in [1.165, 1.54) is 75.3 Å². The second-order valence-corrected chi connectivity index (χ2v) is 11.8. The van der Waals surface area contributed by atoms with E-state index in [0.29, 0.717) is 5.75 Å². The van der Waals surface area contributed by atoms with Gasteiger partial charge in [0.25, 0.3) is 0 Å². The minimum Gasteiger partial charge on any atom is -0.508 e. The van der Waals surface area contributed by atoms with E-state index in [9.17, 15) is 5.11 Å². The molecule has 8 bridgehead atoms. The maximum Gasteiger partial charge on any atom is 0.116 e. The molecule has 0 unspecified atom stereocenters. The number of hydrogen-bond donors (Lipinski definition) is 1. The third-order valence-electron chi connectivity index (χ3n) is 10.2. The van der Waals surface area contributed by atoms with E-state index >= 15 is 0 Å². The Labute approximate surface area is 163 Å². The van der Waals surface area contributed by atoms with E-state index in [2.05, 4.69) is 18.2 Å². The Morgan fingerprint density at radius 2 is 0.815 bits per heavy atom. The maximum atomic E-state index is 10.7. The fraction of sp³-hybridized carbons (Fsp3) is 0.769. The molecule has 8 saturated carbocycles. The van der Waals surface area contributed by atoms with Crippen LogP contribution in [0.3, 0.4) is 0 Å². The molecule has 27 heavy (non-hydrogen) atoms. The van der Waals surface area contributed by atoms with Gasteiger partial charge in [-0.25, -0.2) is 0 Å². The Hall–Kier alpha value is -0.980. The predicted molar refractivity (Wildman–Crippen MR) is 108 cm³/mol. The molecule has 1 nitrogen and oxygen atoms in total. The molecule has 1 N–H and O–H groups in total. The van der Waals surface area contributed by atoms with Crippen LogP contribution in [0.5, 0.6) is 5.75 Å². The van der Waals surface area contributed by atoms with Gasteiger partial charge in [0.05, 0.1) is 0 Å². The van der Waals surface area contributed by atoms with Gasteiger partial charge in [-0.1, -0.05) is 6.07 Å². The van der Waals surface area contributed by atoms with Crippen LogP contribution in [0.15, 0.2) is 18.2 Å². The van der Waals surface area contributed by atoms with Crippen LogP contribution in [-0.2, 0) is 0 Å². The van der Waals surface area contributed by atoms with Crippen LogP contribution >= 0.6 is 0 Å². The van der Waals surface area contributed by atoms with Crippen LogP contribution in [0.2, 0.25) is 0 Å². The molecule has 8 aliphatic rings. The van der Waals surface area contributed by atoms with Gasteiger partial charge < -0.3 is 5.11 Å². The first kappa shape index (κ1) is 15.9. The summed E-state index contributed by atoms with van der Waals surface area (Å²) in [6, 6.07) is 6.92. The second-order valence-electron chi connectivity index (χ2n) is 11.8. The van der Waals surface area contributed by atoms with Crippen LogP contribution < -0.4 is 0 Å². The normalized spacial score (nSPS) is 51.9.